The number of nitrogens with two attached hydrogens (primary N) is 1. The Morgan fingerprint density at radius 3 is 2.90 bits per heavy atom. The first-order valence-corrected chi connectivity index (χ1v) is 7.06. The van der Waals surface area contributed by atoms with Crippen molar-refractivity contribution in [2.75, 3.05) is 5.32 Å². The fraction of sp³-hybridized carbons (Fsp3) is 0.375. The Hall–Kier alpha value is -1.94. The third kappa shape index (κ3) is 2.51. The fourth-order valence-corrected chi connectivity index (χ4v) is 2.90. The predicted molar refractivity (Wildman–Crippen MR) is 80.4 cm³/mol. The molecular weight excluding hydrogens is 250 g/mol. The molecule has 0 bridgehead atoms. The minimum absolute atomic E-state index is 0.0391. The van der Waals surface area contributed by atoms with Gasteiger partial charge >= 0.3 is 0 Å². The number of hydrogen-bond acceptors (Lipinski definition) is 3. The first-order valence-electron chi connectivity index (χ1n) is 7.06. The van der Waals surface area contributed by atoms with Crippen LogP contribution in [0.15, 0.2) is 30.3 Å². The van der Waals surface area contributed by atoms with Crippen molar-refractivity contribution in [3.05, 3.63) is 36.0 Å². The van der Waals surface area contributed by atoms with Gasteiger partial charge in [-0.2, -0.15) is 0 Å². The van der Waals surface area contributed by atoms with Crippen molar-refractivity contribution in [2.24, 2.45) is 11.7 Å². The summed E-state index contributed by atoms with van der Waals surface area (Å²) in [5, 5.41) is 4.03. The van der Waals surface area contributed by atoms with Crippen molar-refractivity contribution in [2.45, 2.75) is 32.2 Å². The number of carbonyl (C=O) groups excluding carboxylic acids is 1. The van der Waals surface area contributed by atoms with E-state index in [9.17, 15) is 4.79 Å². The predicted octanol–water partition coefficient (Wildman–Crippen LogP) is 2.61. The normalized spacial score (nSPS) is 22.1. The van der Waals surface area contributed by atoms with Crippen molar-refractivity contribution in [1.29, 1.82) is 0 Å². The lowest BCUT2D eigenvalue weighted by atomic mass is 10.1. The molecule has 1 aliphatic rings. The Morgan fingerprint density at radius 2 is 2.15 bits per heavy atom. The van der Waals surface area contributed by atoms with Crippen molar-refractivity contribution in [3.8, 4) is 0 Å². The molecular formula is C16H19N3O. The van der Waals surface area contributed by atoms with Crippen LogP contribution in [-0.2, 0) is 4.79 Å². The molecule has 1 aliphatic carbocycles. The molecule has 2 unspecified atom stereocenters. The first kappa shape index (κ1) is 13.1. The van der Waals surface area contributed by atoms with Crippen molar-refractivity contribution >= 4 is 22.5 Å². The minimum atomic E-state index is 0.0391. The summed E-state index contributed by atoms with van der Waals surface area (Å²) in [5.41, 5.74) is 8.54. The van der Waals surface area contributed by atoms with Crippen molar-refractivity contribution in [1.82, 2.24) is 4.98 Å². The van der Waals surface area contributed by atoms with Gasteiger partial charge in [0.25, 0.3) is 0 Å². The maximum atomic E-state index is 12.3. The summed E-state index contributed by atoms with van der Waals surface area (Å²) in [5.74, 6) is 0.117. The summed E-state index contributed by atoms with van der Waals surface area (Å²) in [7, 11) is 0. The van der Waals surface area contributed by atoms with Crippen LogP contribution in [0.25, 0.3) is 10.9 Å². The fourth-order valence-electron chi connectivity index (χ4n) is 2.90. The highest BCUT2D eigenvalue weighted by molar-refractivity contribution is 6.01. The smallest absolute Gasteiger partial charge is 0.227 e. The topological polar surface area (TPSA) is 68.0 Å². The van der Waals surface area contributed by atoms with Crippen LogP contribution in [0.5, 0.6) is 0 Å². The Kier molecular flexibility index (Phi) is 3.40. The quantitative estimate of drug-likeness (QED) is 0.880. The minimum Gasteiger partial charge on any atom is -0.328 e. The SMILES string of the molecule is Cc1cc(NC(=O)C2CCC(N)C2)c2ccccc2n1. The number of fused-ring (bicyclic) bond motifs is 1. The third-order valence-electron chi connectivity index (χ3n) is 3.95. The monoisotopic (exact) mass is 269 g/mol. The van der Waals surface area contributed by atoms with Gasteiger partial charge in [-0.15, -0.1) is 0 Å². The highest BCUT2D eigenvalue weighted by Gasteiger charge is 2.28. The Labute approximate surface area is 118 Å². The maximum absolute atomic E-state index is 12.3. The molecule has 1 aromatic carbocycles. The van der Waals surface area contributed by atoms with Crippen molar-refractivity contribution in [3.63, 3.8) is 0 Å². The van der Waals surface area contributed by atoms with E-state index in [1.54, 1.807) is 0 Å². The lowest BCUT2D eigenvalue weighted by Gasteiger charge is -2.13. The molecule has 104 valence electrons. The van der Waals surface area contributed by atoms with E-state index in [4.69, 9.17) is 5.73 Å². The second-order valence-electron chi connectivity index (χ2n) is 5.59. The molecule has 0 aliphatic heterocycles. The van der Waals surface area contributed by atoms with Crippen LogP contribution in [0, 0.1) is 12.8 Å². The summed E-state index contributed by atoms with van der Waals surface area (Å²) >= 11 is 0. The van der Waals surface area contributed by atoms with E-state index >= 15 is 0 Å². The number of para-hydroxylation sites is 1. The molecule has 20 heavy (non-hydrogen) atoms. The van der Waals surface area contributed by atoms with Gasteiger partial charge in [0.1, 0.15) is 0 Å². The molecule has 3 rings (SSSR count). The number of nitrogens with one attached hydrogen (secondary N) is 1. The lowest BCUT2D eigenvalue weighted by molar-refractivity contribution is -0.119. The molecule has 1 amide bonds. The molecule has 1 fully saturated rings. The van der Waals surface area contributed by atoms with Gasteiger partial charge in [0, 0.05) is 23.0 Å². The molecule has 2 atom stereocenters. The summed E-state index contributed by atoms with van der Waals surface area (Å²) in [6.07, 6.45) is 2.61. The molecule has 4 nitrogen and oxygen atoms in total. The number of nitrogens with zero attached hydrogens (tertiary/aromatic N) is 1. The van der Waals surface area contributed by atoms with Crippen molar-refractivity contribution < 1.29 is 4.79 Å². The summed E-state index contributed by atoms with van der Waals surface area (Å²) in [4.78, 5) is 16.8. The molecule has 0 radical (unpaired) electrons. The van der Waals surface area contributed by atoms with Crippen LogP contribution in [0.2, 0.25) is 0 Å². The Morgan fingerprint density at radius 1 is 1.35 bits per heavy atom. The molecule has 0 saturated heterocycles. The molecule has 1 saturated carbocycles. The average Bonchev–Trinajstić information content (AvgIpc) is 2.85. The summed E-state index contributed by atoms with van der Waals surface area (Å²) < 4.78 is 0. The number of anilines is 1. The molecule has 4 heteroatoms. The zero-order valence-corrected chi connectivity index (χ0v) is 11.6. The highest BCUT2D eigenvalue weighted by Crippen LogP contribution is 2.28. The van der Waals surface area contributed by atoms with E-state index in [-0.39, 0.29) is 17.9 Å². The van der Waals surface area contributed by atoms with Gasteiger partial charge in [0.05, 0.1) is 11.2 Å². The van der Waals surface area contributed by atoms with Crippen LogP contribution in [0.1, 0.15) is 25.0 Å². The van der Waals surface area contributed by atoms with E-state index in [0.29, 0.717) is 0 Å². The average molecular weight is 269 g/mol. The van der Waals surface area contributed by atoms with Gasteiger partial charge < -0.3 is 11.1 Å². The molecule has 3 N–H and O–H groups in total. The number of pyridine rings is 1. The van der Waals surface area contributed by atoms with Crippen LogP contribution < -0.4 is 11.1 Å². The second-order valence-corrected chi connectivity index (χ2v) is 5.59. The van der Waals surface area contributed by atoms with E-state index < -0.39 is 0 Å². The van der Waals surface area contributed by atoms with Crippen LogP contribution in [-0.4, -0.2) is 16.9 Å². The van der Waals surface area contributed by atoms with E-state index in [2.05, 4.69) is 10.3 Å². The van der Waals surface area contributed by atoms with Crippen LogP contribution >= 0.6 is 0 Å². The summed E-state index contributed by atoms with van der Waals surface area (Å²) in [6.45, 7) is 1.94. The third-order valence-corrected chi connectivity index (χ3v) is 3.95. The van der Waals surface area contributed by atoms with Gasteiger partial charge in [-0.05, 0) is 38.3 Å². The number of benzene rings is 1. The van der Waals surface area contributed by atoms with E-state index in [0.717, 1.165) is 41.5 Å². The van der Waals surface area contributed by atoms with Gasteiger partial charge in [-0.25, -0.2) is 0 Å². The van der Waals surface area contributed by atoms with Gasteiger partial charge in [0.15, 0.2) is 0 Å². The number of hydrogen-bond donors (Lipinski definition) is 2. The number of aryl methyl sites for hydroxylation is 1. The second kappa shape index (κ2) is 5.21. The van der Waals surface area contributed by atoms with E-state index in [1.807, 2.05) is 37.3 Å². The summed E-state index contributed by atoms with van der Waals surface area (Å²) in [6, 6.07) is 9.95. The number of rotatable bonds is 2. The molecule has 1 aromatic heterocycles. The Balaban J connectivity index is 1.88. The number of aromatic nitrogens is 1. The lowest BCUT2D eigenvalue weighted by Crippen LogP contribution is -2.23. The zero-order chi connectivity index (χ0) is 14.1. The van der Waals surface area contributed by atoms with Gasteiger partial charge in [0.2, 0.25) is 5.91 Å². The number of carbonyl (C=O) groups is 1. The van der Waals surface area contributed by atoms with Crippen LogP contribution in [0.4, 0.5) is 5.69 Å². The molecule has 2 aromatic rings. The largest absolute Gasteiger partial charge is 0.328 e. The first-order chi connectivity index (χ1) is 9.63. The standard InChI is InChI=1S/C16H19N3O/c1-10-8-15(13-4-2-3-5-14(13)18-10)19-16(20)11-6-7-12(17)9-11/h2-5,8,11-12H,6-7,9,17H2,1H3,(H,18,19,20). The number of amides is 1. The van der Waals surface area contributed by atoms with E-state index in [1.165, 1.54) is 0 Å². The maximum Gasteiger partial charge on any atom is 0.227 e. The van der Waals surface area contributed by atoms with Crippen LogP contribution in [0.3, 0.4) is 0 Å². The Bertz CT molecular complexity index is 653. The van der Waals surface area contributed by atoms with Gasteiger partial charge in [-0.3, -0.25) is 9.78 Å². The highest BCUT2D eigenvalue weighted by atomic mass is 16.1. The molecule has 1 heterocycles. The molecule has 0 spiro atoms. The zero-order valence-electron chi connectivity index (χ0n) is 11.6. The van der Waals surface area contributed by atoms with Gasteiger partial charge in [-0.1, -0.05) is 18.2 Å².